The van der Waals surface area contributed by atoms with Gasteiger partial charge in [0.1, 0.15) is 0 Å². The van der Waals surface area contributed by atoms with Crippen molar-refractivity contribution in [2.45, 2.75) is 17.7 Å². The molecule has 2 rings (SSSR count). The third-order valence-corrected chi connectivity index (χ3v) is 6.22. The summed E-state index contributed by atoms with van der Waals surface area (Å²) in [6, 6.07) is 6.54. The number of benzene rings is 1. The minimum atomic E-state index is -3.56. The summed E-state index contributed by atoms with van der Waals surface area (Å²) in [5.41, 5.74) is 0. The lowest BCUT2D eigenvalue weighted by molar-refractivity contribution is -0.126. The number of methoxy groups -OCH3 is 1. The number of ether oxygens (including phenoxy) is 1. The van der Waals surface area contributed by atoms with Crippen LogP contribution in [0, 0.1) is 5.92 Å². The molecule has 1 amide bonds. The minimum absolute atomic E-state index is 0.113. The van der Waals surface area contributed by atoms with Gasteiger partial charge in [0.15, 0.2) is 0 Å². The first-order valence-corrected chi connectivity index (χ1v) is 9.71. The Morgan fingerprint density at radius 1 is 1.39 bits per heavy atom. The van der Waals surface area contributed by atoms with Crippen LogP contribution >= 0.6 is 15.9 Å². The summed E-state index contributed by atoms with van der Waals surface area (Å²) in [7, 11) is -1.99. The number of halogens is 1. The van der Waals surface area contributed by atoms with Crippen LogP contribution in [0.1, 0.15) is 12.8 Å². The summed E-state index contributed by atoms with van der Waals surface area (Å²) in [4.78, 5) is 12.4. The zero-order valence-electron chi connectivity index (χ0n) is 13.0. The summed E-state index contributed by atoms with van der Waals surface area (Å²) in [6.45, 7) is 1.54. The summed E-state index contributed by atoms with van der Waals surface area (Å²) >= 11 is 3.30. The molecule has 0 aromatic heterocycles. The lowest BCUT2D eigenvalue weighted by Crippen LogP contribution is -2.45. The van der Waals surface area contributed by atoms with Crippen molar-refractivity contribution in [2.75, 3.05) is 33.4 Å². The van der Waals surface area contributed by atoms with E-state index in [4.69, 9.17) is 4.74 Å². The van der Waals surface area contributed by atoms with E-state index in [-0.39, 0.29) is 23.3 Å². The Balaban J connectivity index is 2.05. The van der Waals surface area contributed by atoms with Crippen LogP contribution in [0.2, 0.25) is 0 Å². The first kappa shape index (κ1) is 18.4. The SMILES string of the molecule is COCCNC(=O)[C@@H]1CCCN(S(=O)(=O)c2ccc(Br)cc2)C1. The molecule has 0 radical (unpaired) electrons. The van der Waals surface area contributed by atoms with Gasteiger partial charge in [0.2, 0.25) is 15.9 Å². The fraction of sp³-hybridized carbons (Fsp3) is 0.533. The molecule has 1 N–H and O–H groups in total. The van der Waals surface area contributed by atoms with Gasteiger partial charge in [-0.05, 0) is 37.1 Å². The van der Waals surface area contributed by atoms with Crippen molar-refractivity contribution in [3.05, 3.63) is 28.7 Å². The Labute approximate surface area is 145 Å². The van der Waals surface area contributed by atoms with Crippen LogP contribution < -0.4 is 5.32 Å². The smallest absolute Gasteiger partial charge is 0.243 e. The van der Waals surface area contributed by atoms with Gasteiger partial charge in [0, 0.05) is 31.2 Å². The Kier molecular flexibility index (Phi) is 6.58. The van der Waals surface area contributed by atoms with Gasteiger partial charge in [0.05, 0.1) is 17.4 Å². The molecule has 128 valence electrons. The molecule has 1 saturated heterocycles. The van der Waals surface area contributed by atoms with E-state index < -0.39 is 10.0 Å². The number of piperidine rings is 1. The van der Waals surface area contributed by atoms with Crippen LogP contribution in [-0.2, 0) is 19.6 Å². The van der Waals surface area contributed by atoms with Crippen molar-refractivity contribution in [2.24, 2.45) is 5.92 Å². The largest absolute Gasteiger partial charge is 0.383 e. The molecule has 0 unspecified atom stereocenters. The van der Waals surface area contributed by atoms with Gasteiger partial charge < -0.3 is 10.1 Å². The molecular formula is C15H21BrN2O4S. The summed E-state index contributed by atoms with van der Waals surface area (Å²) in [6.07, 6.45) is 1.38. The van der Waals surface area contributed by atoms with Gasteiger partial charge in [-0.25, -0.2) is 8.42 Å². The average Bonchev–Trinajstić information content (AvgIpc) is 2.55. The lowest BCUT2D eigenvalue weighted by Gasteiger charge is -2.31. The van der Waals surface area contributed by atoms with Crippen molar-refractivity contribution >= 4 is 31.9 Å². The highest BCUT2D eigenvalue weighted by Gasteiger charge is 2.33. The maximum absolute atomic E-state index is 12.7. The van der Waals surface area contributed by atoms with E-state index >= 15 is 0 Å². The molecule has 1 heterocycles. The second kappa shape index (κ2) is 8.23. The molecule has 23 heavy (non-hydrogen) atoms. The number of amides is 1. The Hall–Kier alpha value is -0.960. The fourth-order valence-corrected chi connectivity index (χ4v) is 4.34. The number of carbonyl (C=O) groups is 1. The predicted octanol–water partition coefficient (Wildman–Crippen LogP) is 1.61. The topological polar surface area (TPSA) is 75.7 Å². The minimum Gasteiger partial charge on any atom is -0.383 e. The summed E-state index contributed by atoms with van der Waals surface area (Å²) in [5, 5.41) is 2.78. The number of hydrogen-bond acceptors (Lipinski definition) is 4. The molecule has 1 aromatic carbocycles. The highest BCUT2D eigenvalue weighted by atomic mass is 79.9. The molecule has 6 nitrogen and oxygen atoms in total. The molecular weight excluding hydrogens is 384 g/mol. The quantitative estimate of drug-likeness (QED) is 0.730. The van der Waals surface area contributed by atoms with Crippen molar-refractivity contribution < 1.29 is 17.9 Å². The monoisotopic (exact) mass is 404 g/mol. The van der Waals surface area contributed by atoms with Crippen LogP contribution in [-0.4, -0.2) is 52.0 Å². The lowest BCUT2D eigenvalue weighted by atomic mass is 9.99. The third-order valence-electron chi connectivity index (χ3n) is 3.81. The van der Waals surface area contributed by atoms with Gasteiger partial charge in [-0.15, -0.1) is 0 Å². The van der Waals surface area contributed by atoms with E-state index in [1.807, 2.05) is 0 Å². The second-order valence-electron chi connectivity index (χ2n) is 5.44. The maximum atomic E-state index is 12.7. The van der Waals surface area contributed by atoms with E-state index in [9.17, 15) is 13.2 Å². The first-order valence-electron chi connectivity index (χ1n) is 7.47. The van der Waals surface area contributed by atoms with E-state index in [0.717, 1.165) is 4.47 Å². The molecule has 1 aliphatic rings. The number of carbonyl (C=O) groups excluding carboxylic acids is 1. The number of nitrogens with one attached hydrogen (secondary N) is 1. The van der Waals surface area contributed by atoms with Crippen LogP contribution in [0.3, 0.4) is 0 Å². The second-order valence-corrected chi connectivity index (χ2v) is 8.29. The first-order chi connectivity index (χ1) is 10.9. The Morgan fingerprint density at radius 2 is 2.09 bits per heavy atom. The highest BCUT2D eigenvalue weighted by Crippen LogP contribution is 2.24. The van der Waals surface area contributed by atoms with Crippen molar-refractivity contribution in [3.8, 4) is 0 Å². The summed E-state index contributed by atoms with van der Waals surface area (Å²) < 4.78 is 32.5. The zero-order valence-corrected chi connectivity index (χ0v) is 15.4. The van der Waals surface area contributed by atoms with Crippen molar-refractivity contribution in [1.29, 1.82) is 0 Å². The van der Waals surface area contributed by atoms with Crippen molar-refractivity contribution in [3.63, 3.8) is 0 Å². The Morgan fingerprint density at radius 3 is 2.74 bits per heavy atom. The normalized spacial score (nSPS) is 19.5. The molecule has 1 fully saturated rings. The standard InChI is InChI=1S/C15H21BrN2O4S/c1-22-10-8-17-15(19)12-3-2-9-18(11-12)23(20,21)14-6-4-13(16)5-7-14/h4-7,12H,2-3,8-11H2,1H3,(H,17,19)/t12-/m1/s1. The third kappa shape index (κ3) is 4.76. The molecule has 8 heteroatoms. The van der Waals surface area contributed by atoms with E-state index in [1.54, 1.807) is 31.4 Å². The average molecular weight is 405 g/mol. The zero-order chi connectivity index (χ0) is 16.9. The van der Waals surface area contributed by atoms with Gasteiger partial charge in [-0.3, -0.25) is 4.79 Å². The molecule has 0 aliphatic carbocycles. The Bertz CT molecular complexity index is 633. The number of rotatable bonds is 6. The highest BCUT2D eigenvalue weighted by molar-refractivity contribution is 9.10. The predicted molar refractivity (Wildman–Crippen MR) is 90.5 cm³/mol. The van der Waals surface area contributed by atoms with E-state index in [0.29, 0.717) is 32.5 Å². The van der Waals surface area contributed by atoms with E-state index in [2.05, 4.69) is 21.2 Å². The van der Waals surface area contributed by atoms with Crippen LogP contribution in [0.5, 0.6) is 0 Å². The number of nitrogens with zero attached hydrogens (tertiary/aromatic N) is 1. The van der Waals surface area contributed by atoms with Crippen LogP contribution in [0.4, 0.5) is 0 Å². The van der Waals surface area contributed by atoms with Gasteiger partial charge >= 0.3 is 0 Å². The number of hydrogen-bond donors (Lipinski definition) is 1. The molecule has 1 atom stereocenters. The van der Waals surface area contributed by atoms with Gasteiger partial charge in [-0.1, -0.05) is 15.9 Å². The van der Waals surface area contributed by atoms with E-state index in [1.165, 1.54) is 4.31 Å². The molecule has 0 bridgehead atoms. The summed E-state index contributed by atoms with van der Waals surface area (Å²) in [5.74, 6) is -0.427. The number of sulfonamides is 1. The molecule has 1 aromatic rings. The van der Waals surface area contributed by atoms with Crippen LogP contribution in [0.15, 0.2) is 33.6 Å². The fourth-order valence-electron chi connectivity index (χ4n) is 2.55. The van der Waals surface area contributed by atoms with Crippen molar-refractivity contribution in [1.82, 2.24) is 9.62 Å². The maximum Gasteiger partial charge on any atom is 0.243 e. The molecule has 1 aliphatic heterocycles. The molecule has 0 spiro atoms. The van der Waals surface area contributed by atoms with Gasteiger partial charge in [-0.2, -0.15) is 4.31 Å². The van der Waals surface area contributed by atoms with Crippen LogP contribution in [0.25, 0.3) is 0 Å². The molecule has 0 saturated carbocycles. The van der Waals surface area contributed by atoms with Gasteiger partial charge in [0.25, 0.3) is 0 Å².